The van der Waals surface area contributed by atoms with E-state index in [1.54, 1.807) is 0 Å². The summed E-state index contributed by atoms with van der Waals surface area (Å²) in [5.74, 6) is 0.0223. The van der Waals surface area contributed by atoms with Crippen molar-refractivity contribution in [2.75, 3.05) is 6.54 Å². The van der Waals surface area contributed by atoms with Crippen molar-refractivity contribution >= 4 is 0 Å². The molecule has 1 nitrogen and oxygen atoms in total. The lowest BCUT2D eigenvalue weighted by Crippen LogP contribution is -2.47. The molecule has 88 valence electrons. The largest absolute Gasteiger partial charge is 0.403 e. The van der Waals surface area contributed by atoms with Crippen LogP contribution in [0.3, 0.4) is 0 Å². The van der Waals surface area contributed by atoms with Gasteiger partial charge in [0.1, 0.15) is 6.04 Å². The van der Waals surface area contributed by atoms with Gasteiger partial charge in [0, 0.05) is 0 Å². The summed E-state index contributed by atoms with van der Waals surface area (Å²) in [5, 5.41) is 2.53. The zero-order chi connectivity index (χ0) is 11.6. The molecule has 1 aromatic carbocycles. The number of alkyl halides is 3. The van der Waals surface area contributed by atoms with Gasteiger partial charge in [-0.1, -0.05) is 30.3 Å². The van der Waals surface area contributed by atoms with Crippen molar-refractivity contribution < 1.29 is 13.2 Å². The SMILES string of the molecule is FC(F)(F)[C@@H]1C[C@H](c2ccccc2)CCN1. The van der Waals surface area contributed by atoms with E-state index in [1.807, 2.05) is 30.3 Å². The van der Waals surface area contributed by atoms with Crippen LogP contribution < -0.4 is 5.32 Å². The van der Waals surface area contributed by atoms with E-state index >= 15 is 0 Å². The zero-order valence-electron chi connectivity index (χ0n) is 8.80. The maximum absolute atomic E-state index is 12.6. The van der Waals surface area contributed by atoms with E-state index in [4.69, 9.17) is 0 Å². The molecule has 1 N–H and O–H groups in total. The first kappa shape index (κ1) is 11.5. The highest BCUT2D eigenvalue weighted by molar-refractivity contribution is 5.20. The molecule has 1 fully saturated rings. The standard InChI is InChI=1S/C12H14F3N/c13-12(14,15)11-8-10(6-7-16-11)9-4-2-1-3-5-9/h1-5,10-11,16H,6-8H2/t10-,11+/m1/s1. The summed E-state index contributed by atoms with van der Waals surface area (Å²) in [4.78, 5) is 0. The van der Waals surface area contributed by atoms with Crippen molar-refractivity contribution in [3.8, 4) is 0 Å². The van der Waals surface area contributed by atoms with Crippen molar-refractivity contribution in [1.82, 2.24) is 5.32 Å². The lowest BCUT2D eigenvalue weighted by Gasteiger charge is -2.31. The number of rotatable bonds is 1. The normalized spacial score (nSPS) is 26.7. The number of benzene rings is 1. The highest BCUT2D eigenvalue weighted by atomic mass is 19.4. The Morgan fingerprint density at radius 1 is 1.12 bits per heavy atom. The molecule has 0 bridgehead atoms. The maximum atomic E-state index is 12.6. The van der Waals surface area contributed by atoms with Crippen LogP contribution in [0.2, 0.25) is 0 Å². The molecule has 1 aliphatic heterocycles. The molecule has 1 aliphatic rings. The number of halogens is 3. The molecular weight excluding hydrogens is 215 g/mol. The van der Waals surface area contributed by atoms with E-state index in [2.05, 4.69) is 5.32 Å². The zero-order valence-corrected chi connectivity index (χ0v) is 8.80. The van der Waals surface area contributed by atoms with Crippen LogP contribution in [0.25, 0.3) is 0 Å². The van der Waals surface area contributed by atoms with E-state index in [9.17, 15) is 13.2 Å². The van der Waals surface area contributed by atoms with Crippen molar-refractivity contribution in [1.29, 1.82) is 0 Å². The van der Waals surface area contributed by atoms with E-state index in [0.717, 1.165) is 12.0 Å². The van der Waals surface area contributed by atoms with Gasteiger partial charge in [0.05, 0.1) is 0 Å². The molecule has 2 rings (SSSR count). The second-order valence-corrected chi connectivity index (χ2v) is 4.18. The van der Waals surface area contributed by atoms with E-state index in [0.29, 0.717) is 6.54 Å². The fourth-order valence-electron chi connectivity index (χ4n) is 2.19. The third-order valence-electron chi connectivity index (χ3n) is 3.07. The summed E-state index contributed by atoms with van der Waals surface area (Å²) in [6, 6.07) is 8.09. The summed E-state index contributed by atoms with van der Waals surface area (Å²) >= 11 is 0. The van der Waals surface area contributed by atoms with E-state index in [1.165, 1.54) is 0 Å². The molecule has 2 atom stereocenters. The van der Waals surface area contributed by atoms with Gasteiger partial charge in [0.15, 0.2) is 0 Å². The summed E-state index contributed by atoms with van der Waals surface area (Å²) in [7, 11) is 0. The Bertz CT molecular complexity index is 334. The van der Waals surface area contributed by atoms with Crippen molar-refractivity contribution in [3.63, 3.8) is 0 Å². The number of piperidine rings is 1. The molecular formula is C12H14F3N. The second kappa shape index (κ2) is 4.45. The second-order valence-electron chi connectivity index (χ2n) is 4.18. The lowest BCUT2D eigenvalue weighted by molar-refractivity contribution is -0.161. The van der Waals surface area contributed by atoms with Gasteiger partial charge in [-0.15, -0.1) is 0 Å². The van der Waals surface area contributed by atoms with Crippen LogP contribution in [-0.2, 0) is 0 Å². The van der Waals surface area contributed by atoms with Crippen molar-refractivity contribution in [2.45, 2.75) is 31.0 Å². The predicted octanol–water partition coefficient (Wildman–Crippen LogP) is 3.08. The fraction of sp³-hybridized carbons (Fsp3) is 0.500. The first-order valence-electron chi connectivity index (χ1n) is 5.42. The average Bonchev–Trinajstić information content (AvgIpc) is 2.29. The molecule has 0 aromatic heterocycles. The number of nitrogens with one attached hydrogen (secondary N) is 1. The first-order chi connectivity index (χ1) is 7.57. The summed E-state index contributed by atoms with van der Waals surface area (Å²) < 4.78 is 37.7. The monoisotopic (exact) mass is 229 g/mol. The van der Waals surface area contributed by atoms with Gasteiger partial charge in [-0.25, -0.2) is 0 Å². The van der Waals surface area contributed by atoms with Gasteiger partial charge in [-0.05, 0) is 30.9 Å². The Kier molecular flexibility index (Phi) is 3.19. The van der Waals surface area contributed by atoms with Crippen LogP contribution in [0, 0.1) is 0 Å². The van der Waals surface area contributed by atoms with Crippen LogP contribution in [0.4, 0.5) is 13.2 Å². The predicted molar refractivity (Wildman–Crippen MR) is 56.3 cm³/mol. The molecule has 0 aliphatic carbocycles. The Labute approximate surface area is 92.7 Å². The summed E-state index contributed by atoms with van der Waals surface area (Å²) in [6.07, 6.45) is -3.21. The smallest absolute Gasteiger partial charge is 0.306 e. The van der Waals surface area contributed by atoms with E-state index in [-0.39, 0.29) is 12.3 Å². The van der Waals surface area contributed by atoms with Crippen LogP contribution in [-0.4, -0.2) is 18.8 Å². The molecule has 0 amide bonds. The van der Waals surface area contributed by atoms with Crippen LogP contribution in [0.1, 0.15) is 24.3 Å². The molecule has 1 aromatic rings. The lowest BCUT2D eigenvalue weighted by atomic mass is 9.86. The fourth-order valence-corrected chi connectivity index (χ4v) is 2.19. The molecule has 16 heavy (non-hydrogen) atoms. The molecule has 1 saturated heterocycles. The maximum Gasteiger partial charge on any atom is 0.403 e. The number of hydrogen-bond donors (Lipinski definition) is 1. The minimum atomic E-state index is -4.13. The van der Waals surface area contributed by atoms with Gasteiger partial charge in [-0.3, -0.25) is 0 Å². The van der Waals surface area contributed by atoms with Crippen LogP contribution >= 0.6 is 0 Å². The molecule has 4 heteroatoms. The Morgan fingerprint density at radius 3 is 2.44 bits per heavy atom. The van der Waals surface area contributed by atoms with Crippen molar-refractivity contribution in [3.05, 3.63) is 35.9 Å². The quantitative estimate of drug-likeness (QED) is 0.780. The average molecular weight is 229 g/mol. The summed E-state index contributed by atoms with van der Waals surface area (Å²) in [6.45, 7) is 0.434. The molecule has 0 saturated carbocycles. The van der Waals surface area contributed by atoms with E-state index < -0.39 is 12.2 Å². The molecule has 0 radical (unpaired) electrons. The first-order valence-corrected chi connectivity index (χ1v) is 5.42. The Hall–Kier alpha value is -1.03. The Balaban J connectivity index is 2.08. The summed E-state index contributed by atoms with van der Waals surface area (Å²) in [5.41, 5.74) is 1.01. The third-order valence-corrected chi connectivity index (χ3v) is 3.07. The van der Waals surface area contributed by atoms with Crippen LogP contribution in [0.15, 0.2) is 30.3 Å². The van der Waals surface area contributed by atoms with Gasteiger partial charge in [0.25, 0.3) is 0 Å². The highest BCUT2D eigenvalue weighted by Crippen LogP contribution is 2.34. The van der Waals surface area contributed by atoms with Crippen LogP contribution in [0.5, 0.6) is 0 Å². The Morgan fingerprint density at radius 2 is 1.81 bits per heavy atom. The van der Waals surface area contributed by atoms with Gasteiger partial charge in [-0.2, -0.15) is 13.2 Å². The minimum absolute atomic E-state index is 0.0223. The number of hydrogen-bond acceptors (Lipinski definition) is 1. The minimum Gasteiger partial charge on any atom is -0.306 e. The van der Waals surface area contributed by atoms with Gasteiger partial charge in [0.2, 0.25) is 0 Å². The van der Waals surface area contributed by atoms with Gasteiger partial charge < -0.3 is 5.32 Å². The molecule has 1 heterocycles. The molecule has 0 spiro atoms. The topological polar surface area (TPSA) is 12.0 Å². The van der Waals surface area contributed by atoms with Gasteiger partial charge >= 0.3 is 6.18 Å². The highest BCUT2D eigenvalue weighted by Gasteiger charge is 2.42. The van der Waals surface area contributed by atoms with Crippen molar-refractivity contribution in [2.24, 2.45) is 0 Å². The molecule has 0 unspecified atom stereocenters. The third kappa shape index (κ3) is 2.55.